The molecule has 0 atom stereocenters. The first-order valence-corrected chi connectivity index (χ1v) is 3.38. The van der Waals surface area contributed by atoms with Crippen molar-refractivity contribution >= 4 is 0 Å². The highest BCUT2D eigenvalue weighted by atomic mass is 16.5. The van der Waals surface area contributed by atoms with Gasteiger partial charge in [-0.05, 0) is 6.42 Å². The molecule has 0 aromatic heterocycles. The number of nitrogens with two attached hydrogens (primary N) is 1. The summed E-state index contributed by atoms with van der Waals surface area (Å²) in [5.74, 6) is 5.60. The Morgan fingerprint density at radius 2 is 2.22 bits per heavy atom. The van der Waals surface area contributed by atoms with Gasteiger partial charge in [-0.1, -0.05) is 0 Å². The van der Waals surface area contributed by atoms with Crippen LogP contribution in [0.2, 0.25) is 0 Å². The van der Waals surface area contributed by atoms with Crippen LogP contribution >= 0.6 is 0 Å². The largest absolute Gasteiger partial charge is 0.380 e. The van der Waals surface area contributed by atoms with Crippen LogP contribution < -0.4 is 5.84 Å². The molecule has 3 heteroatoms. The Kier molecular flexibility index (Phi) is 1.06. The summed E-state index contributed by atoms with van der Waals surface area (Å²) in [6.07, 6.45) is 1.23. The molecular formula is C6H12N2O. The second-order valence-corrected chi connectivity index (χ2v) is 3.21. The lowest BCUT2D eigenvalue weighted by Crippen LogP contribution is -2.45. The van der Waals surface area contributed by atoms with Crippen molar-refractivity contribution in [2.45, 2.75) is 6.42 Å². The first-order chi connectivity index (χ1) is 4.31. The molecular weight excluding hydrogens is 116 g/mol. The second-order valence-electron chi connectivity index (χ2n) is 3.21. The van der Waals surface area contributed by atoms with E-state index in [-0.39, 0.29) is 0 Å². The van der Waals surface area contributed by atoms with Gasteiger partial charge < -0.3 is 4.74 Å². The van der Waals surface area contributed by atoms with Crippen LogP contribution in [-0.4, -0.2) is 31.3 Å². The minimum atomic E-state index is 0.467. The summed E-state index contributed by atoms with van der Waals surface area (Å²) in [5.41, 5.74) is 0.467. The summed E-state index contributed by atoms with van der Waals surface area (Å²) >= 11 is 0. The van der Waals surface area contributed by atoms with Gasteiger partial charge in [0.15, 0.2) is 0 Å². The number of nitrogens with zero attached hydrogens (tertiary/aromatic N) is 1. The van der Waals surface area contributed by atoms with E-state index in [9.17, 15) is 0 Å². The molecule has 1 spiro atoms. The van der Waals surface area contributed by atoms with E-state index >= 15 is 0 Å². The fourth-order valence-electron chi connectivity index (χ4n) is 1.60. The van der Waals surface area contributed by atoms with Crippen molar-refractivity contribution < 1.29 is 4.74 Å². The molecule has 0 bridgehead atoms. The Balaban J connectivity index is 1.99. The van der Waals surface area contributed by atoms with Gasteiger partial charge >= 0.3 is 0 Å². The van der Waals surface area contributed by atoms with E-state index in [1.54, 1.807) is 0 Å². The maximum Gasteiger partial charge on any atom is 0.0558 e. The van der Waals surface area contributed by atoms with Gasteiger partial charge in [0.05, 0.1) is 13.2 Å². The van der Waals surface area contributed by atoms with Gasteiger partial charge in [-0.2, -0.15) is 0 Å². The lowest BCUT2D eigenvalue weighted by atomic mass is 9.85. The van der Waals surface area contributed by atoms with Gasteiger partial charge in [-0.25, -0.2) is 5.01 Å². The van der Waals surface area contributed by atoms with Gasteiger partial charge in [0.25, 0.3) is 0 Å². The van der Waals surface area contributed by atoms with Crippen LogP contribution in [0, 0.1) is 5.41 Å². The fourth-order valence-corrected chi connectivity index (χ4v) is 1.60. The number of hydrogen-bond donors (Lipinski definition) is 1. The van der Waals surface area contributed by atoms with E-state index in [1.165, 1.54) is 6.42 Å². The third kappa shape index (κ3) is 0.764. The zero-order valence-electron chi connectivity index (χ0n) is 5.47. The molecule has 2 fully saturated rings. The van der Waals surface area contributed by atoms with E-state index in [0.717, 1.165) is 26.3 Å². The van der Waals surface area contributed by atoms with Crippen molar-refractivity contribution in [2.24, 2.45) is 11.3 Å². The van der Waals surface area contributed by atoms with E-state index in [4.69, 9.17) is 10.6 Å². The highest BCUT2D eigenvalue weighted by Crippen LogP contribution is 2.35. The molecule has 0 amide bonds. The Hall–Kier alpha value is -0.120. The second kappa shape index (κ2) is 1.68. The normalized spacial score (nSPS) is 33.0. The van der Waals surface area contributed by atoms with Crippen LogP contribution in [-0.2, 0) is 4.74 Å². The lowest BCUT2D eigenvalue weighted by Gasteiger charge is -2.37. The monoisotopic (exact) mass is 128 g/mol. The molecule has 0 aromatic carbocycles. The maximum atomic E-state index is 5.60. The Bertz CT molecular complexity index is 122. The third-order valence-electron chi connectivity index (χ3n) is 2.28. The summed E-state index contributed by atoms with van der Waals surface area (Å²) in [5, 5.41) is 1.89. The zero-order valence-corrected chi connectivity index (χ0v) is 5.47. The molecule has 2 rings (SSSR count). The van der Waals surface area contributed by atoms with Crippen LogP contribution in [0.5, 0.6) is 0 Å². The molecule has 3 nitrogen and oxygen atoms in total. The lowest BCUT2D eigenvalue weighted by molar-refractivity contribution is -0.105. The minimum absolute atomic E-state index is 0.467. The predicted molar refractivity (Wildman–Crippen MR) is 33.6 cm³/mol. The van der Waals surface area contributed by atoms with E-state index in [1.807, 2.05) is 5.01 Å². The van der Waals surface area contributed by atoms with Crippen molar-refractivity contribution in [3.63, 3.8) is 0 Å². The van der Waals surface area contributed by atoms with Gasteiger partial charge in [0.2, 0.25) is 0 Å². The van der Waals surface area contributed by atoms with Crippen molar-refractivity contribution in [1.29, 1.82) is 0 Å². The number of ether oxygens (including phenoxy) is 1. The summed E-state index contributed by atoms with van der Waals surface area (Å²) in [4.78, 5) is 0. The molecule has 0 aliphatic carbocycles. The smallest absolute Gasteiger partial charge is 0.0558 e. The highest BCUT2D eigenvalue weighted by molar-refractivity contribution is 4.92. The number of hydrogen-bond acceptors (Lipinski definition) is 3. The molecule has 0 aromatic rings. The topological polar surface area (TPSA) is 38.5 Å². The molecule has 0 saturated carbocycles. The minimum Gasteiger partial charge on any atom is -0.380 e. The van der Waals surface area contributed by atoms with E-state index in [0.29, 0.717) is 5.41 Å². The van der Waals surface area contributed by atoms with E-state index < -0.39 is 0 Å². The van der Waals surface area contributed by atoms with Gasteiger partial charge in [-0.3, -0.25) is 5.84 Å². The van der Waals surface area contributed by atoms with Crippen molar-refractivity contribution in [2.75, 3.05) is 26.3 Å². The van der Waals surface area contributed by atoms with Crippen LogP contribution in [0.4, 0.5) is 0 Å². The SMILES string of the molecule is NN1CCC2(COC2)C1. The predicted octanol–water partition coefficient (Wildman–Crippen LogP) is -0.418. The molecule has 2 aliphatic heterocycles. The zero-order chi connectivity index (χ0) is 6.32. The first-order valence-electron chi connectivity index (χ1n) is 3.38. The van der Waals surface area contributed by atoms with Crippen LogP contribution in [0.25, 0.3) is 0 Å². The van der Waals surface area contributed by atoms with Crippen molar-refractivity contribution in [3.8, 4) is 0 Å². The standard InChI is InChI=1S/C6H12N2O/c7-8-2-1-6(3-8)4-9-5-6/h1-5,7H2. The highest BCUT2D eigenvalue weighted by Gasteiger charge is 2.43. The average Bonchev–Trinajstić information content (AvgIpc) is 2.09. The molecule has 9 heavy (non-hydrogen) atoms. The molecule has 0 radical (unpaired) electrons. The Labute approximate surface area is 54.7 Å². The molecule has 2 N–H and O–H groups in total. The summed E-state index contributed by atoms with van der Waals surface area (Å²) < 4.78 is 5.13. The average molecular weight is 128 g/mol. The molecule has 2 aliphatic rings. The van der Waals surface area contributed by atoms with E-state index in [2.05, 4.69) is 0 Å². The fraction of sp³-hybridized carbons (Fsp3) is 1.00. The summed E-state index contributed by atoms with van der Waals surface area (Å²) in [6, 6.07) is 0. The molecule has 2 saturated heterocycles. The molecule has 2 heterocycles. The molecule has 0 unspecified atom stereocenters. The van der Waals surface area contributed by atoms with Gasteiger partial charge in [0, 0.05) is 18.5 Å². The number of hydrazine groups is 1. The quantitative estimate of drug-likeness (QED) is 0.450. The molecule has 52 valence electrons. The summed E-state index contributed by atoms with van der Waals surface area (Å²) in [7, 11) is 0. The number of rotatable bonds is 0. The maximum absolute atomic E-state index is 5.60. The Morgan fingerprint density at radius 1 is 1.44 bits per heavy atom. The van der Waals surface area contributed by atoms with Crippen LogP contribution in [0.3, 0.4) is 0 Å². The first kappa shape index (κ1) is 5.65. The third-order valence-corrected chi connectivity index (χ3v) is 2.28. The summed E-state index contributed by atoms with van der Waals surface area (Å²) in [6.45, 7) is 3.94. The van der Waals surface area contributed by atoms with Crippen LogP contribution in [0.1, 0.15) is 6.42 Å². The van der Waals surface area contributed by atoms with Crippen molar-refractivity contribution in [3.05, 3.63) is 0 Å². The van der Waals surface area contributed by atoms with Gasteiger partial charge in [0.1, 0.15) is 0 Å². The Morgan fingerprint density at radius 3 is 2.44 bits per heavy atom. The van der Waals surface area contributed by atoms with Crippen LogP contribution in [0.15, 0.2) is 0 Å². The van der Waals surface area contributed by atoms with Gasteiger partial charge in [-0.15, -0.1) is 0 Å². The van der Waals surface area contributed by atoms with Crippen molar-refractivity contribution in [1.82, 2.24) is 5.01 Å².